The molecule has 0 saturated carbocycles. The first-order valence-electron chi connectivity index (χ1n) is 9.47. The van der Waals surface area contributed by atoms with E-state index in [0.717, 1.165) is 0 Å². The lowest BCUT2D eigenvalue weighted by Gasteiger charge is -2.19. The maximum Gasteiger partial charge on any atom is -0.0132 e. The number of rotatable bonds is 0. The van der Waals surface area contributed by atoms with Crippen LogP contribution in [0.4, 0.5) is 0 Å². The highest BCUT2D eigenvalue weighted by atomic mass is 14.2. The normalized spacial score (nSPS) is 11.4. The molecule has 0 amide bonds. The van der Waals surface area contributed by atoms with E-state index in [4.69, 9.17) is 0 Å². The molecule has 0 radical (unpaired) electrons. The van der Waals surface area contributed by atoms with Crippen molar-refractivity contribution >= 4 is 21.5 Å². The van der Waals surface area contributed by atoms with Gasteiger partial charge in [0.1, 0.15) is 0 Å². The minimum Gasteiger partial charge on any atom is -0.0683 e. The zero-order valence-corrected chi connectivity index (χ0v) is 17.7. The second-order valence-corrected chi connectivity index (χ2v) is 9.01. The van der Waals surface area contributed by atoms with E-state index in [1.54, 1.807) is 0 Å². The average Bonchev–Trinajstić information content (AvgIpc) is 2.52. The van der Waals surface area contributed by atoms with Gasteiger partial charge in [-0.2, -0.15) is 0 Å². The van der Waals surface area contributed by atoms with Crippen LogP contribution in [-0.2, 0) is 5.41 Å². The van der Waals surface area contributed by atoms with E-state index in [9.17, 15) is 0 Å². The van der Waals surface area contributed by atoms with E-state index in [1.165, 1.54) is 27.1 Å². The minimum atomic E-state index is 0.208. The van der Waals surface area contributed by atoms with Gasteiger partial charge in [0.2, 0.25) is 0 Å². The largest absolute Gasteiger partial charge is 0.0683 e. The Morgan fingerprint density at radius 3 is 1.36 bits per heavy atom. The van der Waals surface area contributed by atoms with E-state index >= 15 is 0 Å². The Balaban J connectivity index is 0.000000388. The van der Waals surface area contributed by atoms with Crippen molar-refractivity contribution in [2.75, 3.05) is 0 Å². The van der Waals surface area contributed by atoms with Gasteiger partial charge < -0.3 is 0 Å². The first kappa shape index (κ1) is 21.2. The fourth-order valence-corrected chi connectivity index (χ4v) is 2.41. The van der Waals surface area contributed by atoms with E-state index in [0.29, 0.717) is 5.41 Å². The van der Waals surface area contributed by atoms with Crippen LogP contribution in [-0.4, -0.2) is 0 Å². The number of hydrogen-bond donors (Lipinski definition) is 0. The number of hydrogen-bond acceptors (Lipinski definition) is 0. The van der Waals surface area contributed by atoms with Crippen LogP contribution in [0.1, 0.15) is 67.9 Å². The molecular weight excluding hydrogens is 300 g/mol. The van der Waals surface area contributed by atoms with Crippen molar-refractivity contribution in [3.8, 4) is 0 Å². The lowest BCUT2D eigenvalue weighted by atomic mass is 9.85. The Labute approximate surface area is 155 Å². The average molecular weight is 337 g/mol. The fraction of sp³-hybridized carbons (Fsp3) is 0.440. The van der Waals surface area contributed by atoms with Gasteiger partial charge >= 0.3 is 0 Å². The first-order valence-corrected chi connectivity index (χ1v) is 9.47. The van der Waals surface area contributed by atoms with Gasteiger partial charge in [-0.15, -0.1) is 0 Å². The van der Waals surface area contributed by atoms with Crippen LogP contribution in [0.15, 0.2) is 54.6 Å². The Morgan fingerprint density at radius 2 is 0.920 bits per heavy atom. The maximum atomic E-state index is 2.32. The summed E-state index contributed by atoms with van der Waals surface area (Å²) in [6.07, 6.45) is 0. The number of benzene rings is 3. The van der Waals surface area contributed by atoms with Crippen LogP contribution in [0.5, 0.6) is 0 Å². The van der Waals surface area contributed by atoms with Gasteiger partial charge in [0.15, 0.2) is 0 Å². The van der Waals surface area contributed by atoms with Crippen molar-refractivity contribution in [3.05, 3.63) is 60.2 Å². The zero-order valence-electron chi connectivity index (χ0n) is 17.7. The molecule has 25 heavy (non-hydrogen) atoms. The second kappa shape index (κ2) is 8.52. The summed E-state index contributed by atoms with van der Waals surface area (Å²) in [5, 5.41) is 5.28. The molecular formula is C25H36. The molecule has 0 atom stereocenters. The highest BCUT2D eigenvalue weighted by Crippen LogP contribution is 2.28. The molecule has 0 heteroatoms. The summed E-state index contributed by atoms with van der Waals surface area (Å²) >= 11 is 0. The molecule has 3 rings (SSSR count). The SMILES string of the molecule is CC.CC(C)(C)C.CC(C)(C)c1ccc2cc3ccccc3cc2c1. The van der Waals surface area contributed by atoms with Crippen LogP contribution < -0.4 is 0 Å². The Morgan fingerprint density at radius 1 is 0.520 bits per heavy atom. The molecule has 3 aromatic rings. The smallest absolute Gasteiger partial charge is 0.0132 e. The second-order valence-electron chi connectivity index (χ2n) is 9.01. The van der Waals surface area contributed by atoms with Crippen molar-refractivity contribution in [2.24, 2.45) is 5.41 Å². The topological polar surface area (TPSA) is 0 Å². The lowest BCUT2D eigenvalue weighted by molar-refractivity contribution is 0.469. The molecule has 0 heterocycles. The van der Waals surface area contributed by atoms with Gasteiger partial charge in [0.25, 0.3) is 0 Å². The predicted octanol–water partition coefficient (Wildman–Crippen LogP) is 8.37. The molecule has 0 fully saturated rings. The van der Waals surface area contributed by atoms with Crippen LogP contribution in [0, 0.1) is 5.41 Å². The quantitative estimate of drug-likeness (QED) is 0.362. The molecule has 0 N–H and O–H groups in total. The standard InChI is InChI=1S/C18H18.C5H12.C2H6/c1-18(2,3)17-9-8-15-10-13-6-4-5-7-14(13)11-16(15)12-17;1-5(2,3)4;1-2/h4-12H,1-3H3;1-4H3;1-2H3. The Bertz CT molecular complexity index is 789. The molecule has 0 aliphatic rings. The first-order chi connectivity index (χ1) is 11.5. The Hall–Kier alpha value is -1.82. The van der Waals surface area contributed by atoms with E-state index < -0.39 is 0 Å². The summed E-state index contributed by atoms with van der Waals surface area (Å²) in [6, 6.07) is 19.9. The van der Waals surface area contributed by atoms with E-state index in [-0.39, 0.29) is 5.41 Å². The van der Waals surface area contributed by atoms with Crippen molar-refractivity contribution in [1.82, 2.24) is 0 Å². The van der Waals surface area contributed by atoms with Crippen molar-refractivity contribution in [3.63, 3.8) is 0 Å². The van der Waals surface area contributed by atoms with Gasteiger partial charge in [-0.3, -0.25) is 0 Å². The Kier molecular flexibility index (Phi) is 7.23. The number of fused-ring (bicyclic) bond motifs is 2. The molecule has 0 unspecified atom stereocenters. The summed E-state index contributed by atoms with van der Waals surface area (Å²) in [4.78, 5) is 0. The predicted molar refractivity (Wildman–Crippen MR) is 117 cm³/mol. The summed E-state index contributed by atoms with van der Waals surface area (Å²) in [7, 11) is 0. The van der Waals surface area contributed by atoms with Crippen LogP contribution in [0.3, 0.4) is 0 Å². The molecule has 0 aliphatic heterocycles. The van der Waals surface area contributed by atoms with Gasteiger partial charge in [-0.05, 0) is 50.1 Å². The van der Waals surface area contributed by atoms with Gasteiger partial charge in [0.05, 0.1) is 0 Å². The third-order valence-corrected chi connectivity index (χ3v) is 3.57. The van der Waals surface area contributed by atoms with E-state index in [1.807, 2.05) is 13.8 Å². The third-order valence-electron chi connectivity index (χ3n) is 3.57. The molecule has 136 valence electrons. The monoisotopic (exact) mass is 336 g/mol. The van der Waals surface area contributed by atoms with Gasteiger partial charge in [-0.1, -0.05) is 105 Å². The maximum absolute atomic E-state index is 2.32. The molecule has 3 aromatic carbocycles. The summed E-state index contributed by atoms with van der Waals surface area (Å²) in [5.74, 6) is 0. The van der Waals surface area contributed by atoms with Crippen LogP contribution in [0.2, 0.25) is 0 Å². The summed E-state index contributed by atoms with van der Waals surface area (Å²) < 4.78 is 0. The van der Waals surface area contributed by atoms with Crippen LogP contribution in [0.25, 0.3) is 21.5 Å². The summed E-state index contributed by atoms with van der Waals surface area (Å²) in [5.41, 5.74) is 2.10. The third kappa shape index (κ3) is 6.90. The molecule has 0 nitrogen and oxygen atoms in total. The lowest BCUT2D eigenvalue weighted by Crippen LogP contribution is -2.10. The highest BCUT2D eigenvalue weighted by Gasteiger charge is 2.13. The van der Waals surface area contributed by atoms with E-state index in [2.05, 4.69) is 103 Å². The molecule has 0 aliphatic carbocycles. The van der Waals surface area contributed by atoms with Crippen molar-refractivity contribution in [2.45, 2.75) is 67.7 Å². The fourth-order valence-electron chi connectivity index (χ4n) is 2.41. The van der Waals surface area contributed by atoms with Crippen molar-refractivity contribution < 1.29 is 0 Å². The molecule has 0 spiro atoms. The van der Waals surface area contributed by atoms with Gasteiger partial charge in [0, 0.05) is 0 Å². The molecule has 0 saturated heterocycles. The van der Waals surface area contributed by atoms with Gasteiger partial charge in [-0.25, -0.2) is 0 Å². The minimum absolute atomic E-state index is 0.208. The highest BCUT2D eigenvalue weighted by molar-refractivity contribution is 5.98. The zero-order chi connectivity index (χ0) is 19.3. The molecule has 0 aromatic heterocycles. The van der Waals surface area contributed by atoms with Crippen molar-refractivity contribution in [1.29, 1.82) is 0 Å². The molecule has 0 bridgehead atoms. The summed E-state index contributed by atoms with van der Waals surface area (Å²) in [6.45, 7) is 19.5. The van der Waals surface area contributed by atoms with Crippen LogP contribution >= 0.6 is 0 Å².